The van der Waals surface area contributed by atoms with E-state index in [2.05, 4.69) is 21.8 Å². The van der Waals surface area contributed by atoms with Crippen molar-refractivity contribution in [2.24, 2.45) is 5.92 Å². The second kappa shape index (κ2) is 10.2. The van der Waals surface area contributed by atoms with Gasteiger partial charge in [0.05, 0.1) is 22.2 Å². The summed E-state index contributed by atoms with van der Waals surface area (Å²) in [5.74, 6) is 1.16. The smallest absolute Gasteiger partial charge is 0.201 e. The number of aryl methyl sites for hydroxylation is 1. The van der Waals surface area contributed by atoms with Crippen LogP contribution in [0.4, 0.5) is 5.82 Å². The highest BCUT2D eigenvalue weighted by Crippen LogP contribution is 2.30. The summed E-state index contributed by atoms with van der Waals surface area (Å²) < 4.78 is 26.5. The number of rotatable bonds is 7. The summed E-state index contributed by atoms with van der Waals surface area (Å²) in [6, 6.07) is 16.5. The van der Waals surface area contributed by atoms with E-state index in [9.17, 15) is 8.42 Å². The molecule has 1 atom stereocenters. The Labute approximate surface area is 201 Å². The van der Waals surface area contributed by atoms with Gasteiger partial charge in [0.15, 0.2) is 5.03 Å². The second-order valence-corrected chi connectivity index (χ2v) is 11.1. The molecule has 1 aliphatic heterocycles. The number of halogens is 1. The molecule has 0 amide bonds. The molecule has 0 bridgehead atoms. The number of aromatic nitrogens is 2. The predicted octanol–water partition coefficient (Wildman–Crippen LogP) is 6.10. The monoisotopic (exact) mass is 483 g/mol. The van der Waals surface area contributed by atoms with E-state index in [1.165, 1.54) is 19.3 Å². The zero-order chi connectivity index (χ0) is 23.4. The molecule has 0 N–H and O–H groups in total. The van der Waals surface area contributed by atoms with Crippen molar-refractivity contribution in [2.75, 3.05) is 18.0 Å². The highest BCUT2D eigenvalue weighted by Gasteiger charge is 2.23. The minimum Gasteiger partial charge on any atom is -0.356 e. The fraction of sp³-hybridized carbons (Fsp3) is 0.385. The third-order valence-corrected chi connectivity index (χ3v) is 8.05. The van der Waals surface area contributed by atoms with Crippen molar-refractivity contribution in [3.05, 3.63) is 70.9 Å². The largest absolute Gasteiger partial charge is 0.356 e. The molecule has 3 heterocycles. The van der Waals surface area contributed by atoms with Gasteiger partial charge in [-0.1, -0.05) is 55.3 Å². The Kier molecular flexibility index (Phi) is 7.35. The molecule has 3 aromatic rings. The average molecular weight is 484 g/mol. The Morgan fingerprint density at radius 3 is 2.67 bits per heavy atom. The lowest BCUT2D eigenvalue weighted by Crippen LogP contribution is -2.36. The molecule has 1 aliphatic rings. The number of pyridine rings is 2. The van der Waals surface area contributed by atoms with Crippen LogP contribution in [-0.2, 0) is 15.6 Å². The van der Waals surface area contributed by atoms with Gasteiger partial charge in [-0.05, 0) is 61.9 Å². The molecular weight excluding hydrogens is 454 g/mol. The van der Waals surface area contributed by atoms with Gasteiger partial charge in [-0.3, -0.25) is 4.98 Å². The fourth-order valence-electron chi connectivity index (χ4n) is 4.53. The van der Waals surface area contributed by atoms with Crippen molar-refractivity contribution < 1.29 is 8.42 Å². The molecular formula is C26H30ClN3O2S. The highest BCUT2D eigenvalue weighted by molar-refractivity contribution is 7.90. The zero-order valence-electron chi connectivity index (χ0n) is 19.2. The standard InChI is InChI=1S/C26H30ClN3O2S/c1-3-8-20-10-7-16-30(17-20)24-12-6-13-25(29-24)33(31,32)18-21-14-15-23(27)26(28-21)22-11-5-4-9-19(22)2/h4-6,9,11-15,20H,3,7-8,10,16-18H2,1-2H3. The van der Waals surface area contributed by atoms with Gasteiger partial charge < -0.3 is 4.90 Å². The molecule has 0 spiro atoms. The first-order chi connectivity index (χ1) is 15.9. The minimum absolute atomic E-state index is 0.0896. The summed E-state index contributed by atoms with van der Waals surface area (Å²) in [4.78, 5) is 11.4. The van der Waals surface area contributed by atoms with Gasteiger partial charge in [0.2, 0.25) is 9.84 Å². The highest BCUT2D eigenvalue weighted by atomic mass is 35.5. The average Bonchev–Trinajstić information content (AvgIpc) is 2.81. The van der Waals surface area contributed by atoms with Crippen molar-refractivity contribution in [3.63, 3.8) is 0 Å². The van der Waals surface area contributed by atoms with Crippen molar-refractivity contribution in [1.29, 1.82) is 0 Å². The first-order valence-electron chi connectivity index (χ1n) is 11.5. The maximum Gasteiger partial charge on any atom is 0.201 e. The number of anilines is 1. The van der Waals surface area contributed by atoms with Gasteiger partial charge in [0.1, 0.15) is 5.82 Å². The maximum atomic E-state index is 13.2. The van der Waals surface area contributed by atoms with E-state index in [1.54, 1.807) is 24.3 Å². The number of benzene rings is 1. The molecule has 0 aliphatic carbocycles. The molecule has 1 aromatic carbocycles. The van der Waals surface area contributed by atoms with Crippen LogP contribution in [0.3, 0.4) is 0 Å². The van der Waals surface area contributed by atoms with E-state index in [1.807, 2.05) is 37.3 Å². The van der Waals surface area contributed by atoms with Crippen LogP contribution in [0.2, 0.25) is 5.02 Å². The van der Waals surface area contributed by atoms with E-state index in [0.717, 1.165) is 36.5 Å². The molecule has 33 heavy (non-hydrogen) atoms. The SMILES string of the molecule is CCCC1CCCN(c2cccc(S(=O)(=O)Cc3ccc(Cl)c(-c4ccccc4C)n3)n2)C1. The maximum absolute atomic E-state index is 13.2. The Balaban J connectivity index is 1.58. The Bertz CT molecular complexity index is 1230. The zero-order valence-corrected chi connectivity index (χ0v) is 20.7. The Morgan fingerprint density at radius 1 is 1.06 bits per heavy atom. The molecule has 5 nitrogen and oxygen atoms in total. The van der Waals surface area contributed by atoms with Gasteiger partial charge in [-0.25, -0.2) is 13.4 Å². The molecule has 7 heteroatoms. The lowest BCUT2D eigenvalue weighted by molar-refractivity contribution is 0.386. The molecule has 4 rings (SSSR count). The van der Waals surface area contributed by atoms with Crippen LogP contribution >= 0.6 is 11.6 Å². The lowest BCUT2D eigenvalue weighted by Gasteiger charge is -2.33. The summed E-state index contributed by atoms with van der Waals surface area (Å²) in [6.45, 7) is 6.04. The van der Waals surface area contributed by atoms with Crippen molar-refractivity contribution in [1.82, 2.24) is 9.97 Å². The van der Waals surface area contributed by atoms with E-state index < -0.39 is 9.84 Å². The molecule has 1 fully saturated rings. The summed E-state index contributed by atoms with van der Waals surface area (Å²) in [7, 11) is -3.66. The summed E-state index contributed by atoms with van der Waals surface area (Å²) in [5.41, 5.74) is 2.98. The minimum atomic E-state index is -3.66. The number of sulfone groups is 1. The van der Waals surface area contributed by atoms with Crippen molar-refractivity contribution in [3.8, 4) is 11.3 Å². The normalized spacial score (nSPS) is 16.7. The van der Waals surface area contributed by atoms with E-state index in [0.29, 0.717) is 22.3 Å². The van der Waals surface area contributed by atoms with E-state index >= 15 is 0 Å². The van der Waals surface area contributed by atoms with Crippen LogP contribution in [0.25, 0.3) is 11.3 Å². The quantitative estimate of drug-likeness (QED) is 0.406. The molecule has 0 saturated carbocycles. The van der Waals surface area contributed by atoms with Gasteiger partial charge in [0, 0.05) is 18.7 Å². The van der Waals surface area contributed by atoms with Crippen molar-refractivity contribution in [2.45, 2.75) is 50.3 Å². The third kappa shape index (κ3) is 5.56. The summed E-state index contributed by atoms with van der Waals surface area (Å²) >= 11 is 6.40. The van der Waals surface area contributed by atoms with Gasteiger partial charge >= 0.3 is 0 Å². The fourth-order valence-corrected chi connectivity index (χ4v) is 5.95. The van der Waals surface area contributed by atoms with E-state index in [-0.39, 0.29) is 10.8 Å². The first-order valence-corrected chi connectivity index (χ1v) is 13.6. The van der Waals surface area contributed by atoms with Crippen LogP contribution < -0.4 is 4.90 Å². The Hall–Kier alpha value is -2.44. The van der Waals surface area contributed by atoms with Crippen LogP contribution in [0, 0.1) is 12.8 Å². The molecule has 174 valence electrons. The predicted molar refractivity (Wildman–Crippen MR) is 134 cm³/mol. The van der Waals surface area contributed by atoms with Crippen LogP contribution in [-0.4, -0.2) is 31.5 Å². The molecule has 1 saturated heterocycles. The summed E-state index contributed by atoms with van der Waals surface area (Å²) in [5, 5.41) is 0.587. The van der Waals surface area contributed by atoms with Crippen molar-refractivity contribution >= 4 is 27.3 Å². The number of nitrogens with zero attached hydrogens (tertiary/aromatic N) is 3. The first kappa shape index (κ1) is 23.7. The molecule has 1 unspecified atom stereocenters. The van der Waals surface area contributed by atoms with Gasteiger partial charge in [0.25, 0.3) is 0 Å². The summed E-state index contributed by atoms with van der Waals surface area (Å²) in [6.07, 6.45) is 4.70. The van der Waals surface area contributed by atoms with Gasteiger partial charge in [-0.2, -0.15) is 0 Å². The number of hydrogen-bond acceptors (Lipinski definition) is 5. The van der Waals surface area contributed by atoms with E-state index in [4.69, 9.17) is 11.6 Å². The molecule has 0 radical (unpaired) electrons. The van der Waals surface area contributed by atoms with Gasteiger partial charge in [-0.15, -0.1) is 0 Å². The van der Waals surface area contributed by atoms with Crippen LogP contribution in [0.1, 0.15) is 43.9 Å². The lowest BCUT2D eigenvalue weighted by atomic mass is 9.94. The van der Waals surface area contributed by atoms with Crippen LogP contribution in [0.15, 0.2) is 59.6 Å². The number of piperidine rings is 1. The second-order valence-electron chi connectivity index (χ2n) is 8.78. The third-order valence-electron chi connectivity index (χ3n) is 6.21. The molecule has 2 aromatic heterocycles. The van der Waals surface area contributed by atoms with Crippen LogP contribution in [0.5, 0.6) is 0 Å². The number of hydrogen-bond donors (Lipinski definition) is 0. The topological polar surface area (TPSA) is 63.2 Å². The Morgan fingerprint density at radius 2 is 1.88 bits per heavy atom.